The van der Waals surface area contributed by atoms with Gasteiger partial charge < -0.3 is 9.79 Å². The first-order valence-electron chi connectivity index (χ1n) is 7.91. The number of halogens is 2. The number of nitrogens with zero attached hydrogens (tertiary/aromatic N) is 2. The molecule has 7 nitrogen and oxygen atoms in total. The van der Waals surface area contributed by atoms with Gasteiger partial charge >= 0.3 is 7.60 Å². The summed E-state index contributed by atoms with van der Waals surface area (Å²) in [5, 5.41) is 0.764. The van der Waals surface area contributed by atoms with E-state index in [4.69, 9.17) is 23.2 Å². The number of aromatic nitrogens is 1. The molecule has 0 saturated heterocycles. The van der Waals surface area contributed by atoms with Crippen LogP contribution in [-0.2, 0) is 14.6 Å². The summed E-state index contributed by atoms with van der Waals surface area (Å²) in [6.07, 6.45) is 1.25. The van der Waals surface area contributed by atoms with Gasteiger partial charge in [0.2, 0.25) is 0 Å². The SMILES string of the molecule is CC(N(c1cnc2ccccc2c1)S(=O)(=O)c1cc(Cl)cc(Cl)c1)P(=O)(O)O. The molecular formula is C17H15Cl2N2O5PS. The second-order valence-electron chi connectivity index (χ2n) is 6.01. The van der Waals surface area contributed by atoms with Crippen molar-refractivity contribution in [3.05, 3.63) is 64.8 Å². The molecular weight excluding hydrogens is 446 g/mol. The number of pyridine rings is 1. The third-order valence-electron chi connectivity index (χ3n) is 4.05. The minimum Gasteiger partial charge on any atom is -0.323 e. The highest BCUT2D eigenvalue weighted by Gasteiger charge is 2.39. The molecule has 2 N–H and O–H groups in total. The second-order valence-corrected chi connectivity index (χ2v) is 10.6. The summed E-state index contributed by atoms with van der Waals surface area (Å²) >= 11 is 11.8. The number of sulfonamides is 1. The molecule has 1 atom stereocenters. The van der Waals surface area contributed by atoms with Gasteiger partial charge in [0.15, 0.2) is 0 Å². The summed E-state index contributed by atoms with van der Waals surface area (Å²) in [5.74, 6) is -1.68. The normalized spacial score (nSPS) is 13.5. The molecule has 0 spiro atoms. The van der Waals surface area contributed by atoms with Crippen molar-refractivity contribution in [1.82, 2.24) is 4.98 Å². The smallest absolute Gasteiger partial charge is 0.323 e. The molecule has 11 heteroatoms. The van der Waals surface area contributed by atoms with E-state index in [1.54, 1.807) is 24.3 Å². The van der Waals surface area contributed by atoms with Gasteiger partial charge in [0.25, 0.3) is 10.0 Å². The molecule has 2 aromatic carbocycles. The largest absolute Gasteiger partial charge is 0.348 e. The number of fused-ring (bicyclic) bond motifs is 1. The first kappa shape index (κ1) is 21.0. The lowest BCUT2D eigenvalue weighted by molar-refractivity contribution is 0.361. The van der Waals surface area contributed by atoms with E-state index in [-0.39, 0.29) is 20.6 Å². The Kier molecular flexibility index (Phi) is 5.74. The topological polar surface area (TPSA) is 108 Å². The first-order valence-corrected chi connectivity index (χ1v) is 11.8. The van der Waals surface area contributed by atoms with E-state index >= 15 is 0 Å². The molecule has 3 rings (SSSR count). The van der Waals surface area contributed by atoms with Crippen molar-refractivity contribution in [1.29, 1.82) is 0 Å². The Hall–Kier alpha value is -1.67. The van der Waals surface area contributed by atoms with Gasteiger partial charge in [0.1, 0.15) is 5.78 Å². The highest BCUT2D eigenvalue weighted by atomic mass is 35.5. The lowest BCUT2D eigenvalue weighted by Crippen LogP contribution is -2.38. The molecule has 0 aliphatic rings. The summed E-state index contributed by atoms with van der Waals surface area (Å²) in [5.41, 5.74) is 0.615. The van der Waals surface area contributed by atoms with Crippen molar-refractivity contribution in [2.24, 2.45) is 0 Å². The van der Waals surface area contributed by atoms with Gasteiger partial charge in [-0.15, -0.1) is 0 Å². The van der Waals surface area contributed by atoms with Crippen molar-refractivity contribution in [2.75, 3.05) is 4.31 Å². The quantitative estimate of drug-likeness (QED) is 0.550. The number of benzene rings is 2. The van der Waals surface area contributed by atoms with Gasteiger partial charge in [-0.05, 0) is 37.3 Å². The van der Waals surface area contributed by atoms with E-state index in [1.165, 1.54) is 18.3 Å². The molecule has 0 saturated carbocycles. The third kappa shape index (κ3) is 4.17. The van der Waals surface area contributed by atoms with Crippen LogP contribution >= 0.6 is 30.8 Å². The fraction of sp³-hybridized carbons (Fsp3) is 0.118. The van der Waals surface area contributed by atoms with Crippen molar-refractivity contribution < 1.29 is 22.8 Å². The molecule has 1 unspecified atom stereocenters. The zero-order chi connectivity index (χ0) is 20.7. The van der Waals surface area contributed by atoms with Gasteiger partial charge in [-0.2, -0.15) is 0 Å². The van der Waals surface area contributed by atoms with E-state index in [2.05, 4.69) is 4.98 Å². The number of hydrogen-bond donors (Lipinski definition) is 2. The van der Waals surface area contributed by atoms with Crippen LogP contribution < -0.4 is 4.31 Å². The fourth-order valence-electron chi connectivity index (χ4n) is 2.66. The highest BCUT2D eigenvalue weighted by Crippen LogP contribution is 2.46. The maximum atomic E-state index is 13.3. The van der Waals surface area contributed by atoms with E-state index in [1.807, 2.05) is 0 Å². The van der Waals surface area contributed by atoms with E-state index < -0.39 is 23.4 Å². The van der Waals surface area contributed by atoms with Crippen molar-refractivity contribution in [3.63, 3.8) is 0 Å². The lowest BCUT2D eigenvalue weighted by Gasteiger charge is -2.30. The van der Waals surface area contributed by atoms with Crippen LogP contribution in [0.2, 0.25) is 10.0 Å². The molecule has 0 radical (unpaired) electrons. The molecule has 0 aliphatic carbocycles. The summed E-state index contributed by atoms with van der Waals surface area (Å²) < 4.78 is 39.2. The minimum absolute atomic E-state index is 0.00521. The van der Waals surface area contributed by atoms with Crippen LogP contribution in [0.3, 0.4) is 0 Å². The van der Waals surface area contributed by atoms with E-state index in [0.29, 0.717) is 15.2 Å². The first-order chi connectivity index (χ1) is 13.0. The standard InChI is InChI=1S/C17H15Cl2N2O5PS/c1-11(27(22,23)24)21(15-6-12-4-2-3-5-17(12)20-10-15)28(25,26)16-8-13(18)7-14(19)9-16/h2-11H,1H3,(H2,22,23,24). The molecule has 1 aromatic heterocycles. The minimum atomic E-state index is -4.83. The lowest BCUT2D eigenvalue weighted by atomic mass is 10.2. The van der Waals surface area contributed by atoms with Crippen LogP contribution in [0.4, 0.5) is 5.69 Å². The average molecular weight is 461 g/mol. The molecule has 0 aliphatic heterocycles. The Morgan fingerprint density at radius 1 is 1.07 bits per heavy atom. The average Bonchev–Trinajstić information content (AvgIpc) is 2.60. The maximum absolute atomic E-state index is 13.3. The Morgan fingerprint density at radius 2 is 1.68 bits per heavy atom. The van der Waals surface area contributed by atoms with Gasteiger partial charge in [-0.25, -0.2) is 12.7 Å². The van der Waals surface area contributed by atoms with Crippen LogP contribution in [0.15, 0.2) is 59.6 Å². The Balaban J connectivity index is 2.25. The van der Waals surface area contributed by atoms with Crippen LogP contribution in [0.1, 0.15) is 6.92 Å². The number of anilines is 1. The molecule has 0 fully saturated rings. The van der Waals surface area contributed by atoms with Gasteiger partial charge in [0.05, 0.1) is 22.3 Å². The van der Waals surface area contributed by atoms with Crippen molar-refractivity contribution in [3.8, 4) is 0 Å². The Labute approximate surface area is 171 Å². The Morgan fingerprint density at radius 3 is 2.29 bits per heavy atom. The second kappa shape index (κ2) is 7.63. The van der Waals surface area contributed by atoms with Crippen molar-refractivity contribution in [2.45, 2.75) is 17.6 Å². The van der Waals surface area contributed by atoms with Gasteiger partial charge in [0, 0.05) is 15.4 Å². The van der Waals surface area contributed by atoms with E-state index in [0.717, 1.165) is 19.1 Å². The van der Waals surface area contributed by atoms with Gasteiger partial charge in [-0.1, -0.05) is 41.4 Å². The third-order valence-corrected chi connectivity index (χ3v) is 7.72. The molecule has 148 valence electrons. The molecule has 0 bridgehead atoms. The van der Waals surface area contributed by atoms with Crippen LogP contribution in [-0.4, -0.2) is 29.0 Å². The summed E-state index contributed by atoms with van der Waals surface area (Å²) in [7, 11) is -9.24. The predicted octanol–water partition coefficient (Wildman–Crippen LogP) is 4.26. The fourth-order valence-corrected chi connectivity index (χ4v) is 6.02. The monoisotopic (exact) mass is 460 g/mol. The zero-order valence-corrected chi connectivity index (χ0v) is 17.6. The highest BCUT2D eigenvalue weighted by molar-refractivity contribution is 7.93. The van der Waals surface area contributed by atoms with Crippen molar-refractivity contribution >= 4 is 57.4 Å². The van der Waals surface area contributed by atoms with Gasteiger partial charge in [-0.3, -0.25) is 9.55 Å². The predicted molar refractivity (Wildman–Crippen MR) is 109 cm³/mol. The number of rotatable bonds is 5. The van der Waals surface area contributed by atoms with E-state index in [9.17, 15) is 22.8 Å². The Bertz CT molecular complexity index is 1180. The number of para-hydroxylation sites is 1. The number of hydrogen-bond acceptors (Lipinski definition) is 4. The summed E-state index contributed by atoms with van der Waals surface area (Å²) in [6, 6.07) is 12.2. The molecule has 3 aromatic rings. The molecule has 28 heavy (non-hydrogen) atoms. The zero-order valence-electron chi connectivity index (χ0n) is 14.4. The molecule has 1 heterocycles. The van der Waals surface area contributed by atoms with Crippen LogP contribution in [0.25, 0.3) is 10.9 Å². The van der Waals surface area contributed by atoms with Crippen LogP contribution in [0, 0.1) is 0 Å². The summed E-state index contributed by atoms with van der Waals surface area (Å²) in [4.78, 5) is 23.3. The van der Waals surface area contributed by atoms with Crippen LogP contribution in [0.5, 0.6) is 0 Å². The molecule has 0 amide bonds. The summed E-state index contributed by atoms with van der Waals surface area (Å²) in [6.45, 7) is 1.12. The maximum Gasteiger partial charge on any atom is 0.348 e.